The molecule has 0 radical (unpaired) electrons. The molecule has 1 aliphatic heterocycles. The lowest BCUT2D eigenvalue weighted by atomic mass is 9.83. The molecule has 1 rings (SSSR count). The van der Waals surface area contributed by atoms with Crippen LogP contribution in [0.1, 0.15) is 40.0 Å². The second kappa shape index (κ2) is 8.80. The quantitative estimate of drug-likeness (QED) is 0.262. The van der Waals surface area contributed by atoms with Gasteiger partial charge in [0.25, 0.3) is 5.91 Å². The van der Waals surface area contributed by atoms with Gasteiger partial charge in [-0.1, -0.05) is 45.4 Å². The molecule has 1 aliphatic rings. The largest absolute Gasteiger partial charge is 0.507 e. The Hall–Kier alpha value is -2.41. The van der Waals surface area contributed by atoms with Gasteiger partial charge in [-0.2, -0.15) is 0 Å². The van der Waals surface area contributed by atoms with Gasteiger partial charge in [0.05, 0.1) is 6.04 Å². The van der Waals surface area contributed by atoms with E-state index in [0.29, 0.717) is 0 Å². The summed E-state index contributed by atoms with van der Waals surface area (Å²) >= 11 is 0. The molecule has 1 fully saturated rings. The zero-order valence-electron chi connectivity index (χ0n) is 15.6. The topological polar surface area (TPSA) is 115 Å². The minimum absolute atomic E-state index is 0.394. The Morgan fingerprint density at radius 1 is 1.27 bits per heavy atom. The first-order valence-electron chi connectivity index (χ1n) is 8.61. The maximum atomic E-state index is 12.6. The van der Waals surface area contributed by atoms with E-state index in [2.05, 4.69) is 0 Å². The molecule has 3 N–H and O–H groups in total. The van der Waals surface area contributed by atoms with Gasteiger partial charge in [0, 0.05) is 13.5 Å². The maximum absolute atomic E-state index is 12.6. The van der Waals surface area contributed by atoms with Crippen LogP contribution >= 0.6 is 0 Å². The number of nitrogens with zero attached hydrogens (tertiary/aromatic N) is 1. The van der Waals surface area contributed by atoms with Gasteiger partial charge in [0.1, 0.15) is 11.3 Å². The highest BCUT2D eigenvalue weighted by Gasteiger charge is 2.50. The molecule has 26 heavy (non-hydrogen) atoms. The van der Waals surface area contributed by atoms with Crippen LogP contribution in [0.5, 0.6) is 0 Å². The van der Waals surface area contributed by atoms with E-state index in [-0.39, 0.29) is 0 Å². The molecule has 0 unspecified atom stereocenters. The molecule has 1 saturated heterocycles. The summed E-state index contributed by atoms with van der Waals surface area (Å²) < 4.78 is 0. The second-order valence-corrected chi connectivity index (χ2v) is 6.72. The fourth-order valence-electron chi connectivity index (χ4n) is 2.67. The van der Waals surface area contributed by atoms with Gasteiger partial charge in [-0.25, -0.2) is 4.79 Å². The van der Waals surface area contributed by atoms with Crippen molar-refractivity contribution in [2.75, 3.05) is 7.05 Å². The third kappa shape index (κ3) is 4.40. The molecule has 0 aromatic heterocycles. The summed E-state index contributed by atoms with van der Waals surface area (Å²) in [5.41, 5.74) is -2.55. The number of hydrogen-bond acceptors (Lipinski definition) is 5. The highest BCUT2D eigenvalue weighted by atomic mass is 16.4. The van der Waals surface area contributed by atoms with E-state index in [1.165, 1.54) is 33.0 Å². The van der Waals surface area contributed by atoms with Crippen LogP contribution in [-0.4, -0.2) is 56.6 Å². The number of likely N-dealkylation sites (tertiary alicyclic amines) is 1. The van der Waals surface area contributed by atoms with Crippen molar-refractivity contribution in [2.24, 2.45) is 5.92 Å². The zero-order chi connectivity index (χ0) is 20.1. The summed E-state index contributed by atoms with van der Waals surface area (Å²) in [5, 5.41) is 29.8. The van der Waals surface area contributed by atoms with Crippen molar-refractivity contribution in [3.05, 3.63) is 35.6 Å². The number of aliphatic hydroxyl groups is 2. The average Bonchev–Trinajstić information content (AvgIpc) is 2.77. The summed E-state index contributed by atoms with van der Waals surface area (Å²) in [7, 11) is 1.35. The molecule has 0 spiro atoms. The van der Waals surface area contributed by atoms with E-state index in [9.17, 15) is 29.7 Å². The van der Waals surface area contributed by atoms with Gasteiger partial charge in [-0.15, -0.1) is 0 Å². The predicted octanol–water partition coefficient (Wildman–Crippen LogP) is 1.98. The molecule has 0 bridgehead atoms. The van der Waals surface area contributed by atoms with Crippen molar-refractivity contribution in [1.82, 2.24) is 4.90 Å². The van der Waals surface area contributed by atoms with Crippen LogP contribution in [0.4, 0.5) is 0 Å². The molecule has 0 aliphatic carbocycles. The second-order valence-electron chi connectivity index (χ2n) is 6.72. The Morgan fingerprint density at radius 2 is 1.88 bits per heavy atom. The molecular formula is C19H27NO6. The summed E-state index contributed by atoms with van der Waals surface area (Å²) in [6, 6.07) is -1.15. The number of likely N-dealkylation sites (N-methyl/N-ethyl adjacent to an activating group) is 1. The number of hydrogen-bond donors (Lipinski definition) is 3. The SMILES string of the molecule is CCC\C=C/C=C/C(O)=C1/C(=O)[C@@H](C[C@@](O)(C(=O)O)C(C)C)N(C)C1=O. The van der Waals surface area contributed by atoms with Crippen LogP contribution in [0.15, 0.2) is 35.6 Å². The van der Waals surface area contributed by atoms with Gasteiger partial charge in [-0.3, -0.25) is 9.59 Å². The van der Waals surface area contributed by atoms with E-state index in [1.807, 2.05) is 13.0 Å². The molecule has 0 aromatic rings. The number of unbranched alkanes of at least 4 members (excludes halogenated alkanes) is 1. The number of carboxylic acid groups (broad SMARTS) is 1. The molecule has 7 heteroatoms. The van der Waals surface area contributed by atoms with Crippen molar-refractivity contribution in [2.45, 2.75) is 51.7 Å². The Kier molecular flexibility index (Phi) is 7.32. The van der Waals surface area contributed by atoms with Crippen LogP contribution in [0.25, 0.3) is 0 Å². The maximum Gasteiger partial charge on any atom is 0.336 e. The summed E-state index contributed by atoms with van der Waals surface area (Å²) in [6.45, 7) is 5.07. The van der Waals surface area contributed by atoms with Crippen LogP contribution in [0.3, 0.4) is 0 Å². The number of carboxylic acids is 1. The number of allylic oxidation sites excluding steroid dienone is 4. The summed E-state index contributed by atoms with van der Waals surface area (Å²) in [5.74, 6) is -3.99. The number of carbonyl (C=O) groups excluding carboxylic acids is 2. The standard InChI is InChI=1S/C19H27NO6/c1-5-6-7-8-9-10-14(21)15-16(22)13(20(4)17(15)23)11-19(26,12(2)3)18(24)25/h7-10,12-13,21,26H,5-6,11H2,1-4H3,(H,24,25)/b8-7-,10-9+,15-14+/t13-,19+/m1/s1. The van der Waals surface area contributed by atoms with E-state index < -0.39 is 53.0 Å². The molecule has 0 saturated carbocycles. The van der Waals surface area contributed by atoms with E-state index in [1.54, 1.807) is 6.08 Å². The van der Waals surface area contributed by atoms with Crippen LogP contribution in [0.2, 0.25) is 0 Å². The highest BCUT2D eigenvalue weighted by molar-refractivity contribution is 6.27. The zero-order valence-corrected chi connectivity index (χ0v) is 15.6. The van der Waals surface area contributed by atoms with Crippen molar-refractivity contribution in [1.29, 1.82) is 0 Å². The fraction of sp³-hybridized carbons (Fsp3) is 0.526. The molecule has 1 amide bonds. The van der Waals surface area contributed by atoms with E-state index in [4.69, 9.17) is 0 Å². The first kappa shape index (κ1) is 21.6. The molecule has 144 valence electrons. The Morgan fingerprint density at radius 3 is 2.38 bits per heavy atom. The monoisotopic (exact) mass is 365 g/mol. The lowest BCUT2D eigenvalue weighted by Gasteiger charge is -2.31. The number of aliphatic hydroxyl groups excluding tert-OH is 1. The highest BCUT2D eigenvalue weighted by Crippen LogP contribution is 2.31. The summed E-state index contributed by atoms with van der Waals surface area (Å²) in [4.78, 5) is 37.4. The Bertz CT molecular complexity index is 661. The minimum Gasteiger partial charge on any atom is -0.507 e. The van der Waals surface area contributed by atoms with Gasteiger partial charge < -0.3 is 20.2 Å². The third-order valence-corrected chi connectivity index (χ3v) is 4.59. The normalized spacial score (nSPS) is 22.7. The van der Waals surface area contributed by atoms with Crippen LogP contribution in [-0.2, 0) is 14.4 Å². The lowest BCUT2D eigenvalue weighted by Crippen LogP contribution is -2.49. The van der Waals surface area contributed by atoms with Gasteiger partial charge >= 0.3 is 5.97 Å². The van der Waals surface area contributed by atoms with Gasteiger partial charge in [0.15, 0.2) is 11.4 Å². The number of carbonyl (C=O) groups is 3. The number of rotatable bonds is 8. The first-order valence-corrected chi connectivity index (χ1v) is 8.61. The Balaban J connectivity index is 3.12. The minimum atomic E-state index is -2.15. The van der Waals surface area contributed by atoms with Crippen LogP contribution in [0, 0.1) is 5.92 Å². The first-order chi connectivity index (χ1) is 12.1. The van der Waals surface area contributed by atoms with Gasteiger partial charge in [-0.05, 0) is 18.4 Å². The molecule has 7 nitrogen and oxygen atoms in total. The van der Waals surface area contributed by atoms with Crippen molar-refractivity contribution < 1.29 is 29.7 Å². The Labute approximate surface area is 153 Å². The number of ketones is 1. The summed E-state index contributed by atoms with van der Waals surface area (Å²) in [6.07, 6.45) is 7.76. The van der Waals surface area contributed by atoms with E-state index >= 15 is 0 Å². The van der Waals surface area contributed by atoms with E-state index in [0.717, 1.165) is 17.7 Å². The molecule has 1 heterocycles. The van der Waals surface area contributed by atoms with Crippen LogP contribution < -0.4 is 0 Å². The lowest BCUT2D eigenvalue weighted by molar-refractivity contribution is -0.166. The molecule has 2 atom stereocenters. The fourth-order valence-corrected chi connectivity index (χ4v) is 2.67. The molecular weight excluding hydrogens is 338 g/mol. The third-order valence-electron chi connectivity index (χ3n) is 4.59. The van der Waals surface area contributed by atoms with Crippen molar-refractivity contribution in [3.63, 3.8) is 0 Å². The number of amides is 1. The number of Topliss-reactive ketones (excluding diaryl/α,β-unsaturated/α-hetero) is 1. The smallest absolute Gasteiger partial charge is 0.336 e. The molecule has 0 aromatic carbocycles. The van der Waals surface area contributed by atoms with Crippen molar-refractivity contribution >= 4 is 17.7 Å². The number of aliphatic carboxylic acids is 1. The average molecular weight is 365 g/mol. The van der Waals surface area contributed by atoms with Crippen molar-refractivity contribution in [3.8, 4) is 0 Å². The van der Waals surface area contributed by atoms with Gasteiger partial charge in [0.2, 0.25) is 0 Å². The predicted molar refractivity (Wildman–Crippen MR) is 96.4 cm³/mol.